The van der Waals surface area contributed by atoms with Crippen molar-refractivity contribution in [2.24, 2.45) is 0 Å². The van der Waals surface area contributed by atoms with Crippen molar-refractivity contribution in [3.05, 3.63) is 28.8 Å². The first-order chi connectivity index (χ1) is 5.82. The number of benzene rings is 1. The summed E-state index contributed by atoms with van der Waals surface area (Å²) in [6.07, 6.45) is -4.39. The first-order valence-electron chi connectivity index (χ1n) is 3.70. The second-order valence-corrected chi connectivity index (χ2v) is 2.95. The molecule has 0 heterocycles. The van der Waals surface area contributed by atoms with E-state index in [4.69, 9.17) is 5.11 Å². The molecule has 0 unspecified atom stereocenters. The summed E-state index contributed by atoms with van der Waals surface area (Å²) >= 11 is 0. The lowest BCUT2D eigenvalue weighted by Gasteiger charge is -2.11. The second-order valence-electron chi connectivity index (χ2n) is 2.95. The molecule has 0 bridgehead atoms. The van der Waals surface area contributed by atoms with Crippen LogP contribution in [0, 0.1) is 13.8 Å². The Hall–Kier alpha value is -1.19. The van der Waals surface area contributed by atoms with Gasteiger partial charge in [-0.3, -0.25) is 0 Å². The van der Waals surface area contributed by atoms with Gasteiger partial charge in [-0.15, -0.1) is 0 Å². The van der Waals surface area contributed by atoms with Crippen LogP contribution in [0.2, 0.25) is 0 Å². The van der Waals surface area contributed by atoms with Gasteiger partial charge in [0, 0.05) is 0 Å². The maximum Gasteiger partial charge on any atom is 0.416 e. The number of halogens is 3. The van der Waals surface area contributed by atoms with E-state index in [1.807, 2.05) is 0 Å². The maximum atomic E-state index is 12.2. The lowest BCUT2D eigenvalue weighted by molar-refractivity contribution is -0.138. The summed E-state index contributed by atoms with van der Waals surface area (Å²) in [6.45, 7) is 2.93. The third-order valence-electron chi connectivity index (χ3n) is 1.85. The molecule has 13 heavy (non-hydrogen) atoms. The normalized spacial score (nSPS) is 11.8. The van der Waals surface area contributed by atoms with Gasteiger partial charge >= 0.3 is 6.18 Å². The fourth-order valence-corrected chi connectivity index (χ4v) is 1.15. The number of aryl methyl sites for hydroxylation is 2. The fraction of sp³-hybridized carbons (Fsp3) is 0.333. The smallest absolute Gasteiger partial charge is 0.416 e. The van der Waals surface area contributed by atoms with Crippen LogP contribution in [0.15, 0.2) is 12.1 Å². The highest BCUT2D eigenvalue weighted by molar-refractivity contribution is 5.41. The zero-order valence-corrected chi connectivity index (χ0v) is 7.24. The summed E-state index contributed by atoms with van der Waals surface area (Å²) in [5.74, 6) is -0.321. The molecule has 0 spiro atoms. The van der Waals surface area contributed by atoms with Crippen LogP contribution in [0.1, 0.15) is 16.7 Å². The molecule has 0 atom stereocenters. The average Bonchev–Trinajstić information content (AvgIpc) is 1.94. The monoisotopic (exact) mass is 190 g/mol. The number of hydrogen-bond donors (Lipinski definition) is 1. The van der Waals surface area contributed by atoms with Crippen LogP contribution < -0.4 is 0 Å². The standard InChI is InChI=1S/C9H9F3O/c1-5-3-6(2)8(13)4-7(5)9(10,11)12/h3-4,13H,1-2H3. The van der Waals surface area contributed by atoms with Gasteiger partial charge in [0.25, 0.3) is 0 Å². The lowest BCUT2D eigenvalue weighted by atomic mass is 10.0. The Morgan fingerprint density at radius 3 is 2.08 bits per heavy atom. The third-order valence-corrected chi connectivity index (χ3v) is 1.85. The Labute approximate surface area is 73.8 Å². The first-order valence-corrected chi connectivity index (χ1v) is 3.70. The summed E-state index contributed by atoms with van der Waals surface area (Å²) in [5, 5.41) is 9.09. The van der Waals surface area contributed by atoms with Gasteiger partial charge in [0.05, 0.1) is 5.56 Å². The van der Waals surface area contributed by atoms with E-state index in [0.29, 0.717) is 5.56 Å². The zero-order chi connectivity index (χ0) is 10.2. The summed E-state index contributed by atoms with van der Waals surface area (Å²) in [6, 6.07) is 2.07. The van der Waals surface area contributed by atoms with Crippen molar-refractivity contribution in [1.29, 1.82) is 0 Å². The lowest BCUT2D eigenvalue weighted by Crippen LogP contribution is -2.07. The molecule has 0 amide bonds. The molecule has 0 radical (unpaired) electrons. The van der Waals surface area contributed by atoms with E-state index < -0.39 is 11.7 Å². The van der Waals surface area contributed by atoms with Crippen molar-refractivity contribution in [2.75, 3.05) is 0 Å². The van der Waals surface area contributed by atoms with Crippen LogP contribution in [0.5, 0.6) is 5.75 Å². The first kappa shape index (κ1) is 9.89. The minimum Gasteiger partial charge on any atom is -0.508 e. The van der Waals surface area contributed by atoms with Gasteiger partial charge < -0.3 is 5.11 Å². The van der Waals surface area contributed by atoms with E-state index in [-0.39, 0.29) is 11.3 Å². The number of phenols is 1. The van der Waals surface area contributed by atoms with Crippen molar-refractivity contribution in [2.45, 2.75) is 20.0 Å². The van der Waals surface area contributed by atoms with Crippen molar-refractivity contribution >= 4 is 0 Å². The van der Waals surface area contributed by atoms with Crippen LogP contribution in [0.4, 0.5) is 13.2 Å². The molecule has 0 fully saturated rings. The summed E-state index contributed by atoms with van der Waals surface area (Å²) < 4.78 is 36.7. The minimum atomic E-state index is -4.39. The van der Waals surface area contributed by atoms with Crippen molar-refractivity contribution in [3.63, 3.8) is 0 Å². The van der Waals surface area contributed by atoms with Crippen LogP contribution >= 0.6 is 0 Å². The minimum absolute atomic E-state index is 0.128. The number of aromatic hydroxyl groups is 1. The van der Waals surface area contributed by atoms with Crippen LogP contribution in [0.25, 0.3) is 0 Å². The third kappa shape index (κ3) is 1.94. The van der Waals surface area contributed by atoms with Gasteiger partial charge in [-0.1, -0.05) is 6.07 Å². The van der Waals surface area contributed by atoms with E-state index in [0.717, 1.165) is 6.07 Å². The van der Waals surface area contributed by atoms with Gasteiger partial charge in [-0.05, 0) is 31.0 Å². The van der Waals surface area contributed by atoms with E-state index in [1.165, 1.54) is 13.0 Å². The Morgan fingerprint density at radius 2 is 1.62 bits per heavy atom. The number of phenolic OH excluding ortho intramolecular Hbond substituents is 1. The Morgan fingerprint density at radius 1 is 1.08 bits per heavy atom. The van der Waals surface area contributed by atoms with Gasteiger partial charge in [0.2, 0.25) is 0 Å². The molecular weight excluding hydrogens is 181 g/mol. The number of alkyl halides is 3. The van der Waals surface area contributed by atoms with Crippen molar-refractivity contribution < 1.29 is 18.3 Å². The summed E-state index contributed by atoms with van der Waals surface area (Å²) in [4.78, 5) is 0. The molecule has 0 aliphatic rings. The van der Waals surface area contributed by atoms with Crippen molar-refractivity contribution in [1.82, 2.24) is 0 Å². The molecule has 0 aromatic heterocycles. The Balaban J connectivity index is 3.32. The van der Waals surface area contributed by atoms with Gasteiger partial charge in [-0.2, -0.15) is 13.2 Å². The van der Waals surface area contributed by atoms with Gasteiger partial charge in [0.1, 0.15) is 5.75 Å². The number of hydrogen-bond acceptors (Lipinski definition) is 1. The Bertz CT molecular complexity index is 328. The molecule has 1 aromatic carbocycles. The largest absolute Gasteiger partial charge is 0.508 e. The number of rotatable bonds is 0. The highest BCUT2D eigenvalue weighted by atomic mass is 19.4. The van der Waals surface area contributed by atoms with Crippen LogP contribution in [-0.4, -0.2) is 5.11 Å². The SMILES string of the molecule is Cc1cc(C)c(C(F)(F)F)cc1O. The highest BCUT2D eigenvalue weighted by Gasteiger charge is 2.32. The van der Waals surface area contributed by atoms with Crippen molar-refractivity contribution in [3.8, 4) is 5.75 Å². The van der Waals surface area contributed by atoms with Crippen LogP contribution in [-0.2, 0) is 6.18 Å². The summed E-state index contributed by atoms with van der Waals surface area (Å²) in [7, 11) is 0. The zero-order valence-electron chi connectivity index (χ0n) is 7.24. The fourth-order valence-electron chi connectivity index (χ4n) is 1.15. The molecule has 4 heteroatoms. The Kier molecular flexibility index (Phi) is 2.24. The van der Waals surface area contributed by atoms with E-state index >= 15 is 0 Å². The molecular formula is C9H9F3O. The molecule has 0 aliphatic carbocycles. The molecule has 0 saturated heterocycles. The molecule has 1 rings (SSSR count). The molecule has 1 aromatic rings. The molecule has 1 nitrogen and oxygen atoms in total. The summed E-state index contributed by atoms with van der Waals surface area (Å²) in [5.41, 5.74) is -0.205. The maximum absolute atomic E-state index is 12.2. The second kappa shape index (κ2) is 2.94. The van der Waals surface area contributed by atoms with Gasteiger partial charge in [-0.25, -0.2) is 0 Å². The molecule has 0 aliphatic heterocycles. The van der Waals surface area contributed by atoms with E-state index in [2.05, 4.69) is 0 Å². The quantitative estimate of drug-likeness (QED) is 0.666. The predicted octanol–water partition coefficient (Wildman–Crippen LogP) is 3.03. The molecule has 1 N–H and O–H groups in total. The van der Waals surface area contributed by atoms with E-state index in [9.17, 15) is 13.2 Å². The van der Waals surface area contributed by atoms with E-state index in [1.54, 1.807) is 6.92 Å². The van der Waals surface area contributed by atoms with Gasteiger partial charge in [0.15, 0.2) is 0 Å². The highest BCUT2D eigenvalue weighted by Crippen LogP contribution is 2.34. The molecule has 0 saturated carbocycles. The topological polar surface area (TPSA) is 20.2 Å². The van der Waals surface area contributed by atoms with Crippen LogP contribution in [0.3, 0.4) is 0 Å². The molecule has 72 valence electrons. The predicted molar refractivity (Wildman–Crippen MR) is 42.6 cm³/mol. The average molecular weight is 190 g/mol.